The molecule has 0 rings (SSSR count). The van der Waals surface area contributed by atoms with E-state index in [-0.39, 0.29) is 0 Å². The third kappa shape index (κ3) is 23.4. The first-order valence-electron chi connectivity index (χ1n) is 15.5. The third-order valence-electron chi connectivity index (χ3n) is 7.54. The van der Waals surface area contributed by atoms with Gasteiger partial charge in [0.1, 0.15) is 13.1 Å². The van der Waals surface area contributed by atoms with Gasteiger partial charge in [0.2, 0.25) is 0 Å². The van der Waals surface area contributed by atoms with Crippen LogP contribution in [0.1, 0.15) is 142 Å². The molecule has 34 heavy (non-hydrogen) atoms. The molecule has 0 atom stereocenters. The largest absolute Gasteiger partial charge is 0.325 e. The van der Waals surface area contributed by atoms with Gasteiger partial charge in [-0.05, 0) is 25.7 Å². The number of nitrogens with zero attached hydrogens (tertiary/aromatic N) is 2. The van der Waals surface area contributed by atoms with E-state index in [4.69, 9.17) is 0 Å². The van der Waals surface area contributed by atoms with Crippen molar-refractivity contribution in [2.75, 3.05) is 54.4 Å². The molecular weight excluding hydrogens is 412 g/mol. The molecule has 0 spiro atoms. The van der Waals surface area contributed by atoms with Crippen LogP contribution in [-0.2, 0) is 0 Å². The monoisotopic (exact) mass is 481 g/mol. The summed E-state index contributed by atoms with van der Waals surface area (Å²) in [6.07, 6.45) is 28.5. The highest BCUT2D eigenvalue weighted by atomic mass is 15.3. The molecule has 0 N–H and O–H groups in total. The average molecular weight is 481 g/mol. The summed E-state index contributed by atoms with van der Waals surface area (Å²) in [6.45, 7) is 14.0. The molecule has 0 radical (unpaired) electrons. The minimum atomic E-state index is 1.11. The van der Waals surface area contributed by atoms with E-state index in [0.29, 0.717) is 0 Å². The summed E-state index contributed by atoms with van der Waals surface area (Å²) >= 11 is 0. The number of hydrogen-bond donors (Lipinski definition) is 0. The maximum Gasteiger partial charge on any atom is 0.105 e. The zero-order chi connectivity index (χ0) is 25.5. The van der Waals surface area contributed by atoms with Crippen molar-refractivity contribution in [2.24, 2.45) is 0 Å². The summed E-state index contributed by atoms with van der Waals surface area (Å²) in [6, 6.07) is 0. The summed E-state index contributed by atoms with van der Waals surface area (Å²) < 4.78 is 2.21. The Morgan fingerprint density at radius 3 is 0.912 bits per heavy atom. The van der Waals surface area contributed by atoms with Gasteiger partial charge in [0, 0.05) is 5.57 Å². The van der Waals surface area contributed by atoms with E-state index in [2.05, 4.69) is 48.6 Å². The molecule has 0 aliphatic carbocycles. The third-order valence-corrected chi connectivity index (χ3v) is 7.54. The highest BCUT2D eigenvalue weighted by Crippen LogP contribution is 2.15. The van der Waals surface area contributed by atoms with Gasteiger partial charge in [-0.2, -0.15) is 0 Å². The van der Waals surface area contributed by atoms with Gasteiger partial charge < -0.3 is 8.97 Å². The maximum atomic E-state index is 4.49. The quantitative estimate of drug-likeness (QED) is 0.0656. The molecule has 0 aliphatic rings. The van der Waals surface area contributed by atoms with E-state index >= 15 is 0 Å². The second-order valence-electron chi connectivity index (χ2n) is 12.7. The summed E-state index contributed by atoms with van der Waals surface area (Å²) in [4.78, 5) is 0. The molecule has 2 nitrogen and oxygen atoms in total. The predicted octanol–water partition coefficient (Wildman–Crippen LogP) is 9.54. The molecule has 0 heterocycles. The molecule has 0 unspecified atom stereocenters. The number of unbranched alkanes of at least 4 members (excludes halogenated alkanes) is 18. The Kier molecular flexibility index (Phi) is 21.7. The second kappa shape index (κ2) is 21.9. The van der Waals surface area contributed by atoms with Crippen molar-refractivity contribution in [2.45, 2.75) is 142 Å². The van der Waals surface area contributed by atoms with Gasteiger partial charge in [0.15, 0.2) is 0 Å². The van der Waals surface area contributed by atoms with E-state index in [1.54, 1.807) is 0 Å². The topological polar surface area (TPSA) is 0 Å². The van der Waals surface area contributed by atoms with Crippen molar-refractivity contribution in [1.82, 2.24) is 0 Å². The van der Waals surface area contributed by atoms with Crippen molar-refractivity contribution in [3.05, 3.63) is 12.2 Å². The van der Waals surface area contributed by atoms with E-state index < -0.39 is 0 Å². The first-order valence-corrected chi connectivity index (χ1v) is 15.5. The van der Waals surface area contributed by atoms with Gasteiger partial charge >= 0.3 is 0 Å². The molecule has 204 valence electrons. The number of rotatable bonds is 26. The van der Waals surface area contributed by atoms with E-state index in [9.17, 15) is 0 Å². The fourth-order valence-electron chi connectivity index (χ4n) is 5.47. The summed E-state index contributed by atoms with van der Waals surface area (Å²) in [5.74, 6) is 0. The van der Waals surface area contributed by atoms with E-state index in [0.717, 1.165) is 22.1 Å². The highest BCUT2D eigenvalue weighted by Gasteiger charge is 2.22. The lowest BCUT2D eigenvalue weighted by atomic mass is 10.1. The fourth-order valence-corrected chi connectivity index (χ4v) is 5.47. The average Bonchev–Trinajstić information content (AvgIpc) is 2.75. The maximum absolute atomic E-state index is 4.49. The summed E-state index contributed by atoms with van der Waals surface area (Å²) in [5.41, 5.74) is 1.44. The minimum Gasteiger partial charge on any atom is -0.325 e. The van der Waals surface area contributed by atoms with Crippen molar-refractivity contribution in [1.29, 1.82) is 0 Å². The zero-order valence-corrected chi connectivity index (χ0v) is 25.1. The minimum absolute atomic E-state index is 1.11. The molecule has 0 aliphatic heterocycles. The van der Waals surface area contributed by atoms with Crippen LogP contribution in [-0.4, -0.2) is 63.3 Å². The molecule has 0 aromatic rings. The van der Waals surface area contributed by atoms with Crippen molar-refractivity contribution >= 4 is 0 Å². The molecule has 0 fully saturated rings. The number of likely N-dealkylation sites (N-methyl/N-ethyl adjacent to an activating group) is 2. The first-order chi connectivity index (χ1) is 16.2. The highest BCUT2D eigenvalue weighted by molar-refractivity contribution is 4.94. The molecule has 2 heteroatoms. The van der Waals surface area contributed by atoms with Crippen molar-refractivity contribution in [3.8, 4) is 0 Å². The Morgan fingerprint density at radius 2 is 0.647 bits per heavy atom. The Hall–Kier alpha value is -0.340. The Labute approximate surface area is 217 Å². The first kappa shape index (κ1) is 33.7. The number of hydrogen-bond acceptors (Lipinski definition) is 0. The standard InChI is InChI=1S/C32H68N2/c1-8-10-12-14-16-18-20-22-24-26-28-33(4,5)30-32(3)31-34(6,7)29-27-25-23-21-19-17-15-13-11-9-2/h3,8-31H2,1-2,4-7H3/q+2. The van der Waals surface area contributed by atoms with Crippen LogP contribution >= 0.6 is 0 Å². The van der Waals surface area contributed by atoms with Crippen LogP contribution in [0.4, 0.5) is 0 Å². The molecule has 0 aromatic carbocycles. The van der Waals surface area contributed by atoms with Gasteiger partial charge in [0.25, 0.3) is 0 Å². The Balaban J connectivity index is 3.79. The van der Waals surface area contributed by atoms with Crippen molar-refractivity contribution in [3.63, 3.8) is 0 Å². The molecule has 0 saturated heterocycles. The Morgan fingerprint density at radius 1 is 0.412 bits per heavy atom. The Bertz CT molecular complexity index is 412. The SMILES string of the molecule is C=C(C[N+](C)(C)CCCCCCCCCCCC)C[N+](C)(C)CCCCCCCCCCCC. The van der Waals surface area contributed by atoms with Crippen LogP contribution in [0.15, 0.2) is 12.2 Å². The van der Waals surface area contributed by atoms with E-state index in [1.807, 2.05) is 0 Å². The predicted molar refractivity (Wildman–Crippen MR) is 157 cm³/mol. The van der Waals surface area contributed by atoms with E-state index in [1.165, 1.54) is 147 Å². The van der Waals surface area contributed by atoms with Crippen LogP contribution in [0.2, 0.25) is 0 Å². The van der Waals surface area contributed by atoms with Gasteiger partial charge in [0.05, 0.1) is 41.3 Å². The lowest BCUT2D eigenvalue weighted by Crippen LogP contribution is -2.47. The fraction of sp³-hybridized carbons (Fsp3) is 0.938. The van der Waals surface area contributed by atoms with Gasteiger partial charge in [-0.3, -0.25) is 0 Å². The second-order valence-corrected chi connectivity index (χ2v) is 12.7. The lowest BCUT2D eigenvalue weighted by molar-refractivity contribution is -0.900. The zero-order valence-electron chi connectivity index (χ0n) is 25.1. The van der Waals surface area contributed by atoms with Crippen LogP contribution in [0, 0.1) is 0 Å². The van der Waals surface area contributed by atoms with Crippen LogP contribution < -0.4 is 0 Å². The van der Waals surface area contributed by atoms with Gasteiger partial charge in [-0.1, -0.05) is 123 Å². The molecule has 0 saturated carbocycles. The normalized spacial score (nSPS) is 12.4. The smallest absolute Gasteiger partial charge is 0.105 e. The molecule has 0 aromatic heterocycles. The molecule has 0 amide bonds. The van der Waals surface area contributed by atoms with Gasteiger partial charge in [-0.15, -0.1) is 0 Å². The van der Waals surface area contributed by atoms with Crippen LogP contribution in [0.25, 0.3) is 0 Å². The molecule has 0 bridgehead atoms. The van der Waals surface area contributed by atoms with Crippen molar-refractivity contribution < 1.29 is 8.97 Å². The summed E-state index contributed by atoms with van der Waals surface area (Å²) in [7, 11) is 9.62. The molecular formula is C32H68N2+2. The van der Waals surface area contributed by atoms with Gasteiger partial charge in [-0.25, -0.2) is 0 Å². The summed E-state index contributed by atoms with van der Waals surface area (Å²) in [5, 5.41) is 0. The number of quaternary nitrogens is 2. The van der Waals surface area contributed by atoms with Crippen LogP contribution in [0.5, 0.6) is 0 Å². The van der Waals surface area contributed by atoms with Crippen LogP contribution in [0.3, 0.4) is 0 Å². The lowest BCUT2D eigenvalue weighted by Gasteiger charge is -2.35.